The van der Waals surface area contributed by atoms with E-state index in [0.717, 1.165) is 12.8 Å². The Kier molecular flexibility index (Phi) is 3.34. The minimum Gasteiger partial charge on any atom is -0.481 e. The van der Waals surface area contributed by atoms with Gasteiger partial charge in [0.25, 0.3) is 0 Å². The van der Waals surface area contributed by atoms with Crippen molar-refractivity contribution in [3.63, 3.8) is 0 Å². The van der Waals surface area contributed by atoms with Crippen molar-refractivity contribution < 1.29 is 9.90 Å². The zero-order chi connectivity index (χ0) is 9.90. The zero-order valence-corrected chi connectivity index (χ0v) is 8.68. The Morgan fingerprint density at radius 3 is 2.08 bits per heavy atom. The van der Waals surface area contributed by atoms with Crippen LogP contribution in [0, 0.1) is 11.3 Å². The highest BCUT2D eigenvalue weighted by Gasteiger charge is 2.45. The van der Waals surface area contributed by atoms with Gasteiger partial charge in [-0.25, -0.2) is 0 Å². The van der Waals surface area contributed by atoms with Crippen LogP contribution in [-0.4, -0.2) is 11.1 Å². The molecule has 2 nitrogen and oxygen atoms in total. The van der Waals surface area contributed by atoms with E-state index < -0.39 is 5.97 Å². The quantitative estimate of drug-likeness (QED) is 0.713. The van der Waals surface area contributed by atoms with Gasteiger partial charge in [-0.3, -0.25) is 4.79 Å². The molecule has 0 unspecified atom stereocenters. The minimum atomic E-state index is -0.595. The molecule has 1 aliphatic rings. The molecule has 0 aromatic carbocycles. The fraction of sp³-hybridized carbons (Fsp3) is 0.909. The lowest BCUT2D eigenvalue weighted by Gasteiger charge is -2.46. The number of hydrogen-bond acceptors (Lipinski definition) is 1. The van der Waals surface area contributed by atoms with Crippen LogP contribution in [0.2, 0.25) is 0 Å². The lowest BCUT2D eigenvalue weighted by molar-refractivity contribution is -0.151. The highest BCUT2D eigenvalue weighted by atomic mass is 16.4. The van der Waals surface area contributed by atoms with Gasteiger partial charge in [0.15, 0.2) is 0 Å². The van der Waals surface area contributed by atoms with Gasteiger partial charge < -0.3 is 5.11 Å². The monoisotopic (exact) mass is 184 g/mol. The zero-order valence-electron chi connectivity index (χ0n) is 8.68. The van der Waals surface area contributed by atoms with Crippen LogP contribution in [0.15, 0.2) is 0 Å². The van der Waals surface area contributed by atoms with Crippen LogP contribution < -0.4 is 0 Å². The molecule has 1 N–H and O–H groups in total. The van der Waals surface area contributed by atoms with Gasteiger partial charge in [-0.2, -0.15) is 0 Å². The van der Waals surface area contributed by atoms with E-state index in [4.69, 9.17) is 5.11 Å². The van der Waals surface area contributed by atoms with E-state index in [1.807, 2.05) is 0 Å². The smallest absolute Gasteiger partial charge is 0.306 e. The second-order valence-corrected chi connectivity index (χ2v) is 4.44. The number of rotatable bonds is 5. The van der Waals surface area contributed by atoms with Crippen molar-refractivity contribution in [3.05, 3.63) is 0 Å². The van der Waals surface area contributed by atoms with Gasteiger partial charge in [-0.1, -0.05) is 26.7 Å². The molecule has 0 saturated heterocycles. The molecule has 2 heteroatoms. The van der Waals surface area contributed by atoms with Gasteiger partial charge in [-0.15, -0.1) is 0 Å². The van der Waals surface area contributed by atoms with E-state index >= 15 is 0 Å². The number of hydrogen-bond donors (Lipinski definition) is 1. The van der Waals surface area contributed by atoms with Crippen molar-refractivity contribution in [3.8, 4) is 0 Å². The average molecular weight is 184 g/mol. The van der Waals surface area contributed by atoms with Crippen molar-refractivity contribution in [2.75, 3.05) is 0 Å². The Hall–Kier alpha value is -0.530. The minimum absolute atomic E-state index is 0.0434. The van der Waals surface area contributed by atoms with Crippen LogP contribution in [0.4, 0.5) is 0 Å². The lowest BCUT2D eigenvalue weighted by Crippen LogP contribution is -2.41. The number of carboxylic acid groups (broad SMARTS) is 1. The van der Waals surface area contributed by atoms with Crippen molar-refractivity contribution in [2.45, 2.75) is 52.4 Å². The summed E-state index contributed by atoms with van der Waals surface area (Å²) in [5, 5.41) is 8.80. The van der Waals surface area contributed by atoms with Crippen LogP contribution >= 0.6 is 0 Å². The molecule has 1 aliphatic carbocycles. The van der Waals surface area contributed by atoms with Crippen LogP contribution in [0.1, 0.15) is 52.4 Å². The van der Waals surface area contributed by atoms with Gasteiger partial charge in [0.2, 0.25) is 0 Å². The molecular weight excluding hydrogens is 164 g/mol. The van der Waals surface area contributed by atoms with Gasteiger partial charge in [0, 0.05) is 0 Å². The normalized spacial score (nSPS) is 21.1. The van der Waals surface area contributed by atoms with E-state index in [9.17, 15) is 4.79 Å². The number of aliphatic carboxylic acids is 1. The first-order valence-electron chi connectivity index (χ1n) is 5.36. The molecule has 0 atom stereocenters. The standard InChI is InChI=1S/C11H20O2/c1-3-5-11(6-4-2)7-9(8-11)10(12)13/h9H,3-8H2,1-2H3,(H,12,13). The summed E-state index contributed by atoms with van der Waals surface area (Å²) < 4.78 is 0. The first-order valence-corrected chi connectivity index (χ1v) is 5.36. The largest absolute Gasteiger partial charge is 0.481 e. The van der Waals surface area contributed by atoms with Crippen molar-refractivity contribution in [1.82, 2.24) is 0 Å². The summed E-state index contributed by atoms with van der Waals surface area (Å²) in [6.07, 6.45) is 6.64. The molecule has 76 valence electrons. The topological polar surface area (TPSA) is 37.3 Å². The molecule has 0 heterocycles. The number of carbonyl (C=O) groups is 1. The van der Waals surface area contributed by atoms with Gasteiger partial charge in [0.05, 0.1) is 5.92 Å². The van der Waals surface area contributed by atoms with E-state index in [-0.39, 0.29) is 5.92 Å². The van der Waals surface area contributed by atoms with Gasteiger partial charge >= 0.3 is 5.97 Å². The summed E-state index contributed by atoms with van der Waals surface area (Å²) in [7, 11) is 0. The summed E-state index contributed by atoms with van der Waals surface area (Å²) in [5.41, 5.74) is 0.395. The average Bonchev–Trinajstić information content (AvgIpc) is 1.99. The molecule has 0 spiro atoms. The second kappa shape index (κ2) is 4.12. The Bertz CT molecular complexity index is 173. The summed E-state index contributed by atoms with van der Waals surface area (Å²) in [4.78, 5) is 10.7. The fourth-order valence-corrected chi connectivity index (χ4v) is 2.75. The SMILES string of the molecule is CCCC1(CCC)CC(C(=O)O)C1. The van der Waals surface area contributed by atoms with Crippen molar-refractivity contribution in [2.24, 2.45) is 11.3 Å². The predicted octanol–water partition coefficient (Wildman–Crippen LogP) is 3.07. The molecular formula is C11H20O2. The third kappa shape index (κ3) is 2.23. The Morgan fingerprint density at radius 1 is 1.31 bits per heavy atom. The summed E-state index contributed by atoms with van der Waals surface area (Å²) >= 11 is 0. The van der Waals surface area contributed by atoms with Gasteiger partial charge in [0.1, 0.15) is 0 Å². The molecule has 0 amide bonds. The number of carboxylic acids is 1. The van der Waals surface area contributed by atoms with E-state index in [1.54, 1.807) is 0 Å². The lowest BCUT2D eigenvalue weighted by atomic mass is 9.58. The molecule has 0 aromatic rings. The maximum Gasteiger partial charge on any atom is 0.306 e. The molecule has 1 saturated carbocycles. The van der Waals surface area contributed by atoms with E-state index in [0.29, 0.717) is 5.41 Å². The van der Waals surface area contributed by atoms with Crippen LogP contribution in [-0.2, 0) is 4.79 Å². The summed E-state index contributed by atoms with van der Waals surface area (Å²) in [6.45, 7) is 4.37. The summed E-state index contributed by atoms with van der Waals surface area (Å²) in [5.74, 6) is -0.638. The molecule has 0 aliphatic heterocycles. The van der Waals surface area contributed by atoms with Crippen LogP contribution in [0.3, 0.4) is 0 Å². The van der Waals surface area contributed by atoms with Crippen molar-refractivity contribution >= 4 is 5.97 Å². The first-order chi connectivity index (χ1) is 6.13. The highest BCUT2D eigenvalue weighted by molar-refractivity contribution is 5.71. The molecule has 0 aromatic heterocycles. The van der Waals surface area contributed by atoms with Crippen LogP contribution in [0.5, 0.6) is 0 Å². The maximum atomic E-state index is 10.7. The molecule has 13 heavy (non-hydrogen) atoms. The Labute approximate surface area is 80.3 Å². The third-order valence-corrected chi connectivity index (χ3v) is 3.27. The van der Waals surface area contributed by atoms with Crippen LogP contribution in [0.25, 0.3) is 0 Å². The Morgan fingerprint density at radius 2 is 1.77 bits per heavy atom. The maximum absolute atomic E-state index is 10.7. The van der Waals surface area contributed by atoms with E-state index in [2.05, 4.69) is 13.8 Å². The molecule has 0 bridgehead atoms. The fourth-order valence-electron chi connectivity index (χ4n) is 2.75. The highest BCUT2D eigenvalue weighted by Crippen LogP contribution is 2.52. The van der Waals surface area contributed by atoms with Gasteiger partial charge in [-0.05, 0) is 31.1 Å². The van der Waals surface area contributed by atoms with Crippen molar-refractivity contribution in [1.29, 1.82) is 0 Å². The Balaban J connectivity index is 2.42. The molecule has 1 rings (SSSR count). The van der Waals surface area contributed by atoms with E-state index in [1.165, 1.54) is 25.7 Å². The molecule has 1 fully saturated rings. The summed E-state index contributed by atoms with van der Waals surface area (Å²) in [6, 6.07) is 0. The first kappa shape index (κ1) is 10.6. The third-order valence-electron chi connectivity index (χ3n) is 3.27. The predicted molar refractivity (Wildman–Crippen MR) is 52.6 cm³/mol. The second-order valence-electron chi connectivity index (χ2n) is 4.44. The molecule has 0 radical (unpaired) electrons.